The molecule has 0 unspecified atom stereocenters. The molecule has 0 aliphatic rings. The van der Waals surface area contributed by atoms with E-state index in [1.807, 2.05) is 48.5 Å². The third-order valence-corrected chi connectivity index (χ3v) is 4.63. The van der Waals surface area contributed by atoms with Gasteiger partial charge in [0.05, 0.1) is 12.8 Å². The van der Waals surface area contributed by atoms with Crippen LogP contribution >= 0.6 is 0 Å². The summed E-state index contributed by atoms with van der Waals surface area (Å²) in [6.07, 6.45) is 3.79. The number of H-pyrrole nitrogens is 1. The zero-order valence-corrected chi connectivity index (χ0v) is 16.0. The van der Waals surface area contributed by atoms with Crippen LogP contribution in [-0.4, -0.2) is 27.5 Å². The molecular formula is C22H22N4O2. The SMILES string of the molecule is CCCCOc1ccc(C=Nn2c(C)nc3c([nH]c4ccccc43)c2=O)cc1. The second-order valence-electron chi connectivity index (χ2n) is 6.69. The van der Waals surface area contributed by atoms with E-state index in [0.717, 1.165) is 35.1 Å². The highest BCUT2D eigenvalue weighted by Crippen LogP contribution is 2.21. The van der Waals surface area contributed by atoms with Crippen LogP contribution in [0.5, 0.6) is 5.75 Å². The molecule has 2 aromatic carbocycles. The fourth-order valence-electron chi connectivity index (χ4n) is 3.10. The molecule has 0 fully saturated rings. The summed E-state index contributed by atoms with van der Waals surface area (Å²) in [5, 5.41) is 5.29. The van der Waals surface area contributed by atoms with Gasteiger partial charge in [-0.3, -0.25) is 4.79 Å². The fourth-order valence-corrected chi connectivity index (χ4v) is 3.10. The molecule has 0 saturated carbocycles. The molecule has 0 amide bonds. The van der Waals surface area contributed by atoms with E-state index in [1.165, 1.54) is 4.68 Å². The summed E-state index contributed by atoms with van der Waals surface area (Å²) in [6.45, 7) is 4.63. The maximum absolute atomic E-state index is 12.9. The van der Waals surface area contributed by atoms with Crippen molar-refractivity contribution in [1.29, 1.82) is 0 Å². The van der Waals surface area contributed by atoms with Gasteiger partial charge in [0.15, 0.2) is 0 Å². The molecule has 0 saturated heterocycles. The maximum Gasteiger partial charge on any atom is 0.298 e. The first kappa shape index (κ1) is 18.0. The van der Waals surface area contributed by atoms with Crippen molar-refractivity contribution in [2.45, 2.75) is 26.7 Å². The van der Waals surface area contributed by atoms with Crippen LogP contribution < -0.4 is 10.3 Å². The molecule has 4 rings (SSSR count). The average Bonchev–Trinajstić information content (AvgIpc) is 3.08. The topological polar surface area (TPSA) is 72.3 Å². The number of hydrogen-bond donors (Lipinski definition) is 1. The van der Waals surface area contributed by atoms with E-state index in [-0.39, 0.29) is 5.56 Å². The minimum atomic E-state index is -0.213. The van der Waals surface area contributed by atoms with Crippen LogP contribution in [0.3, 0.4) is 0 Å². The van der Waals surface area contributed by atoms with Crippen molar-refractivity contribution in [3.05, 3.63) is 70.3 Å². The number of nitrogens with zero attached hydrogens (tertiary/aromatic N) is 3. The third kappa shape index (κ3) is 3.41. The smallest absolute Gasteiger partial charge is 0.298 e. The Balaban J connectivity index is 1.64. The first-order chi connectivity index (χ1) is 13.7. The van der Waals surface area contributed by atoms with E-state index in [9.17, 15) is 4.79 Å². The van der Waals surface area contributed by atoms with E-state index in [2.05, 4.69) is 22.0 Å². The molecule has 1 N–H and O–H groups in total. The lowest BCUT2D eigenvalue weighted by molar-refractivity contribution is 0.309. The predicted molar refractivity (Wildman–Crippen MR) is 112 cm³/mol. The predicted octanol–water partition coefficient (Wildman–Crippen LogP) is 4.25. The highest BCUT2D eigenvalue weighted by atomic mass is 16.5. The van der Waals surface area contributed by atoms with Crippen LogP contribution in [0, 0.1) is 6.92 Å². The van der Waals surface area contributed by atoms with Crippen LogP contribution in [0.4, 0.5) is 0 Å². The molecule has 0 spiro atoms. The maximum atomic E-state index is 12.9. The van der Waals surface area contributed by atoms with Gasteiger partial charge in [-0.15, -0.1) is 0 Å². The van der Waals surface area contributed by atoms with Gasteiger partial charge in [0.25, 0.3) is 5.56 Å². The van der Waals surface area contributed by atoms with Gasteiger partial charge in [-0.05, 0) is 49.2 Å². The lowest BCUT2D eigenvalue weighted by atomic mass is 10.2. The molecule has 6 nitrogen and oxygen atoms in total. The summed E-state index contributed by atoms with van der Waals surface area (Å²) < 4.78 is 6.99. The lowest BCUT2D eigenvalue weighted by Gasteiger charge is -2.05. The Labute approximate surface area is 162 Å². The van der Waals surface area contributed by atoms with Gasteiger partial charge in [0.2, 0.25) is 0 Å². The van der Waals surface area contributed by atoms with Crippen LogP contribution in [0.25, 0.3) is 21.9 Å². The number of aromatic nitrogens is 3. The van der Waals surface area contributed by atoms with Gasteiger partial charge < -0.3 is 9.72 Å². The number of unbranched alkanes of at least 4 members (excludes halogenated alkanes) is 1. The zero-order chi connectivity index (χ0) is 19.5. The normalized spacial score (nSPS) is 11.6. The van der Waals surface area contributed by atoms with Crippen molar-refractivity contribution >= 4 is 28.2 Å². The average molecular weight is 374 g/mol. The number of aryl methyl sites for hydroxylation is 1. The van der Waals surface area contributed by atoms with Crippen LogP contribution in [0.1, 0.15) is 31.2 Å². The number of ether oxygens (including phenoxy) is 1. The number of para-hydroxylation sites is 1. The summed E-state index contributed by atoms with van der Waals surface area (Å²) in [4.78, 5) is 20.6. The standard InChI is InChI=1S/C22H22N4O2/c1-3-4-13-28-17-11-9-16(10-12-17)14-23-26-15(2)24-20-18-7-5-6-8-19(18)25-21(20)22(26)27/h5-12,14,25H,3-4,13H2,1-2H3. The van der Waals surface area contributed by atoms with Crippen LogP contribution in [0.15, 0.2) is 58.4 Å². The van der Waals surface area contributed by atoms with Crippen molar-refractivity contribution in [2.75, 3.05) is 6.61 Å². The summed E-state index contributed by atoms with van der Waals surface area (Å²) in [5.74, 6) is 1.37. The highest BCUT2D eigenvalue weighted by Gasteiger charge is 2.12. The fraction of sp³-hybridized carbons (Fsp3) is 0.227. The Bertz CT molecular complexity index is 1200. The number of fused-ring (bicyclic) bond motifs is 3. The van der Waals surface area contributed by atoms with Crippen LogP contribution in [0.2, 0.25) is 0 Å². The number of nitrogens with one attached hydrogen (secondary N) is 1. The van der Waals surface area contributed by atoms with Crippen molar-refractivity contribution in [2.24, 2.45) is 5.10 Å². The molecule has 4 aromatic rings. The van der Waals surface area contributed by atoms with Crippen LogP contribution in [-0.2, 0) is 0 Å². The van der Waals surface area contributed by atoms with E-state index in [4.69, 9.17) is 4.74 Å². The number of benzene rings is 2. The molecule has 0 bridgehead atoms. The minimum Gasteiger partial charge on any atom is -0.494 e. The molecule has 6 heteroatoms. The van der Waals surface area contributed by atoms with Gasteiger partial charge in [-0.2, -0.15) is 9.78 Å². The van der Waals surface area contributed by atoms with E-state index < -0.39 is 0 Å². The largest absolute Gasteiger partial charge is 0.494 e. The highest BCUT2D eigenvalue weighted by molar-refractivity contribution is 6.04. The molecule has 28 heavy (non-hydrogen) atoms. The lowest BCUT2D eigenvalue weighted by Crippen LogP contribution is -2.20. The van der Waals surface area contributed by atoms with Crippen molar-refractivity contribution in [3.63, 3.8) is 0 Å². The number of aromatic amines is 1. The van der Waals surface area contributed by atoms with Gasteiger partial charge in [-0.25, -0.2) is 4.98 Å². The van der Waals surface area contributed by atoms with Gasteiger partial charge >= 0.3 is 0 Å². The molecular weight excluding hydrogens is 352 g/mol. The third-order valence-electron chi connectivity index (χ3n) is 4.63. The van der Waals surface area contributed by atoms with E-state index in [0.29, 0.717) is 23.5 Å². The first-order valence-electron chi connectivity index (χ1n) is 9.44. The Morgan fingerprint density at radius 1 is 1.18 bits per heavy atom. The number of hydrogen-bond acceptors (Lipinski definition) is 4. The second-order valence-corrected chi connectivity index (χ2v) is 6.69. The first-order valence-corrected chi connectivity index (χ1v) is 9.44. The quantitative estimate of drug-likeness (QED) is 0.405. The van der Waals surface area contributed by atoms with Gasteiger partial charge in [-0.1, -0.05) is 31.5 Å². The van der Waals surface area contributed by atoms with Gasteiger partial charge in [0, 0.05) is 10.9 Å². The summed E-state index contributed by atoms with van der Waals surface area (Å²) in [7, 11) is 0. The molecule has 0 atom stereocenters. The summed E-state index contributed by atoms with van der Waals surface area (Å²) >= 11 is 0. The zero-order valence-electron chi connectivity index (χ0n) is 16.0. The van der Waals surface area contributed by atoms with Crippen molar-refractivity contribution in [3.8, 4) is 5.75 Å². The molecule has 0 aliphatic carbocycles. The summed E-state index contributed by atoms with van der Waals surface area (Å²) in [5.41, 5.74) is 2.70. The Morgan fingerprint density at radius 2 is 1.96 bits per heavy atom. The Kier molecular flexibility index (Phi) is 4.93. The minimum absolute atomic E-state index is 0.213. The molecule has 142 valence electrons. The second kappa shape index (κ2) is 7.68. The number of rotatable bonds is 6. The molecule has 0 radical (unpaired) electrons. The molecule has 2 aromatic heterocycles. The van der Waals surface area contributed by atoms with Crippen molar-refractivity contribution < 1.29 is 4.74 Å². The van der Waals surface area contributed by atoms with Gasteiger partial charge in [0.1, 0.15) is 22.6 Å². The Morgan fingerprint density at radius 3 is 2.75 bits per heavy atom. The summed E-state index contributed by atoms with van der Waals surface area (Å²) in [6, 6.07) is 15.4. The van der Waals surface area contributed by atoms with E-state index in [1.54, 1.807) is 13.1 Å². The Hall–Kier alpha value is -3.41. The van der Waals surface area contributed by atoms with E-state index >= 15 is 0 Å². The van der Waals surface area contributed by atoms with Crippen molar-refractivity contribution in [1.82, 2.24) is 14.6 Å². The molecule has 0 aliphatic heterocycles. The monoisotopic (exact) mass is 374 g/mol. The molecule has 2 heterocycles.